The predicted molar refractivity (Wildman–Crippen MR) is 95.1 cm³/mol. The number of carbonyl (C=O) groups excluding carboxylic acids is 1. The maximum atomic E-state index is 11.7. The Hall–Kier alpha value is -2.85. The van der Waals surface area contributed by atoms with Gasteiger partial charge in [-0.1, -0.05) is 36.4 Å². The first-order valence-corrected chi connectivity index (χ1v) is 8.02. The van der Waals surface area contributed by atoms with Crippen molar-refractivity contribution in [2.45, 2.75) is 18.4 Å². The van der Waals surface area contributed by atoms with E-state index >= 15 is 0 Å². The van der Waals surface area contributed by atoms with Crippen molar-refractivity contribution in [2.24, 2.45) is 0 Å². The number of carbonyl (C=O) groups is 1. The summed E-state index contributed by atoms with van der Waals surface area (Å²) < 4.78 is 0. The normalized spacial score (nSPS) is 14.0. The van der Waals surface area contributed by atoms with Crippen LogP contribution in [0.5, 0.6) is 0 Å². The fourth-order valence-corrected chi connectivity index (χ4v) is 3.39. The Morgan fingerprint density at radius 2 is 1.54 bits per heavy atom. The van der Waals surface area contributed by atoms with Crippen molar-refractivity contribution < 1.29 is 9.90 Å². The van der Waals surface area contributed by atoms with Gasteiger partial charge in [0.25, 0.3) is 0 Å². The zero-order chi connectivity index (χ0) is 16.5. The van der Waals surface area contributed by atoms with Gasteiger partial charge in [-0.25, -0.2) is 0 Å². The molecule has 4 aromatic rings. The third-order valence-corrected chi connectivity index (χ3v) is 4.65. The third-order valence-electron chi connectivity index (χ3n) is 4.65. The van der Waals surface area contributed by atoms with Gasteiger partial charge in [0.15, 0.2) is 0 Å². The van der Waals surface area contributed by atoms with Gasteiger partial charge in [-0.2, -0.15) is 0 Å². The van der Waals surface area contributed by atoms with E-state index in [1.54, 1.807) is 0 Å². The molecule has 0 amide bonds. The van der Waals surface area contributed by atoms with Crippen molar-refractivity contribution in [3.63, 3.8) is 0 Å². The van der Waals surface area contributed by atoms with Gasteiger partial charge in [-0.05, 0) is 23.3 Å². The maximum absolute atomic E-state index is 11.7. The number of aromatic amines is 2. The lowest BCUT2D eigenvalue weighted by atomic mass is 9.90. The van der Waals surface area contributed by atoms with Crippen LogP contribution >= 0.6 is 0 Å². The first-order chi connectivity index (χ1) is 11.8. The van der Waals surface area contributed by atoms with Crippen molar-refractivity contribution >= 4 is 28.1 Å². The lowest BCUT2D eigenvalue weighted by Gasteiger charge is -2.17. The van der Waals surface area contributed by atoms with Crippen molar-refractivity contribution in [2.75, 3.05) is 0 Å². The molecule has 0 aliphatic rings. The van der Waals surface area contributed by atoms with Crippen LogP contribution in [0.3, 0.4) is 0 Å². The number of aromatic nitrogens is 2. The van der Waals surface area contributed by atoms with E-state index in [4.69, 9.17) is 0 Å². The second kappa shape index (κ2) is 5.98. The van der Waals surface area contributed by atoms with Gasteiger partial charge in [0, 0.05) is 40.6 Å². The van der Waals surface area contributed by atoms with E-state index in [-0.39, 0.29) is 0 Å². The van der Waals surface area contributed by atoms with E-state index in [9.17, 15) is 9.90 Å². The molecule has 2 aromatic heterocycles. The van der Waals surface area contributed by atoms with Crippen LogP contribution in [0.2, 0.25) is 0 Å². The molecule has 4 rings (SSSR count). The summed E-state index contributed by atoms with van der Waals surface area (Å²) in [6, 6.07) is 15.8. The van der Waals surface area contributed by atoms with Crippen LogP contribution in [-0.4, -0.2) is 27.5 Å². The average molecular weight is 318 g/mol. The Morgan fingerprint density at radius 1 is 0.917 bits per heavy atom. The molecule has 3 N–H and O–H groups in total. The SMILES string of the molecule is O=CC(c1c[nH]c2ccccc12)C(O)Cc1c[nH]c2ccccc12. The second-order valence-corrected chi connectivity index (χ2v) is 6.08. The van der Waals surface area contributed by atoms with Gasteiger partial charge in [0.05, 0.1) is 12.0 Å². The molecule has 4 nitrogen and oxygen atoms in total. The van der Waals surface area contributed by atoms with Gasteiger partial charge in [-0.3, -0.25) is 0 Å². The van der Waals surface area contributed by atoms with Gasteiger partial charge in [0.2, 0.25) is 0 Å². The van der Waals surface area contributed by atoms with Crippen LogP contribution in [0.15, 0.2) is 60.9 Å². The van der Waals surface area contributed by atoms with Crippen molar-refractivity contribution in [1.82, 2.24) is 9.97 Å². The second-order valence-electron chi connectivity index (χ2n) is 6.08. The molecular formula is C20H18N2O2. The standard InChI is InChI=1S/C20H18N2O2/c23-12-17(16-11-22-19-8-4-2-6-15(16)19)20(24)9-13-10-21-18-7-3-1-5-14(13)18/h1-8,10-12,17,20-22,24H,9H2. The maximum Gasteiger partial charge on any atom is 0.130 e. The monoisotopic (exact) mass is 318 g/mol. The summed E-state index contributed by atoms with van der Waals surface area (Å²) in [5.74, 6) is -0.560. The summed E-state index contributed by atoms with van der Waals surface area (Å²) in [7, 11) is 0. The van der Waals surface area contributed by atoms with Gasteiger partial charge < -0.3 is 19.9 Å². The first kappa shape index (κ1) is 14.7. The zero-order valence-corrected chi connectivity index (χ0v) is 13.1. The molecule has 2 heterocycles. The quantitative estimate of drug-likeness (QED) is 0.493. The van der Waals surface area contributed by atoms with E-state index in [0.29, 0.717) is 6.42 Å². The molecule has 24 heavy (non-hydrogen) atoms. The van der Waals surface area contributed by atoms with Gasteiger partial charge in [0.1, 0.15) is 6.29 Å². The summed E-state index contributed by atoms with van der Waals surface area (Å²) in [4.78, 5) is 18.1. The third kappa shape index (κ3) is 2.41. The summed E-state index contributed by atoms with van der Waals surface area (Å²) in [5, 5.41) is 12.8. The number of hydrogen-bond donors (Lipinski definition) is 3. The summed E-state index contributed by atoms with van der Waals surface area (Å²) in [5.41, 5.74) is 3.87. The molecule has 2 atom stereocenters. The number of aliphatic hydroxyl groups is 1. The number of aliphatic hydroxyl groups excluding tert-OH is 1. The van der Waals surface area contributed by atoms with E-state index in [1.165, 1.54) is 0 Å². The largest absolute Gasteiger partial charge is 0.392 e. The Balaban J connectivity index is 1.66. The molecule has 0 saturated heterocycles. The van der Waals surface area contributed by atoms with Crippen LogP contribution < -0.4 is 0 Å². The molecule has 0 aliphatic heterocycles. The molecule has 2 aromatic carbocycles. The predicted octanol–water partition coefficient (Wildman–Crippen LogP) is 3.54. The minimum Gasteiger partial charge on any atom is -0.392 e. The van der Waals surface area contributed by atoms with Crippen molar-refractivity contribution in [1.29, 1.82) is 0 Å². The van der Waals surface area contributed by atoms with Gasteiger partial charge in [-0.15, -0.1) is 0 Å². The number of nitrogens with one attached hydrogen (secondary N) is 2. The highest BCUT2D eigenvalue weighted by Crippen LogP contribution is 2.29. The summed E-state index contributed by atoms with van der Waals surface area (Å²) in [6.45, 7) is 0. The highest BCUT2D eigenvalue weighted by atomic mass is 16.3. The highest BCUT2D eigenvalue weighted by molar-refractivity contribution is 5.87. The van der Waals surface area contributed by atoms with Crippen molar-refractivity contribution in [3.05, 3.63) is 72.1 Å². The smallest absolute Gasteiger partial charge is 0.130 e. The van der Waals surface area contributed by atoms with E-state index < -0.39 is 12.0 Å². The Morgan fingerprint density at radius 3 is 2.29 bits per heavy atom. The van der Waals surface area contributed by atoms with Crippen LogP contribution in [0, 0.1) is 0 Å². The fraction of sp³-hybridized carbons (Fsp3) is 0.150. The molecule has 0 saturated carbocycles. The number of aldehydes is 1. The minimum atomic E-state index is -0.777. The minimum absolute atomic E-state index is 0.424. The Kier molecular flexibility index (Phi) is 3.67. The Bertz CT molecular complexity index is 999. The number of benzene rings is 2. The molecule has 0 aliphatic carbocycles. The fourth-order valence-electron chi connectivity index (χ4n) is 3.39. The van der Waals surface area contributed by atoms with Crippen LogP contribution in [0.1, 0.15) is 17.0 Å². The van der Waals surface area contributed by atoms with Crippen LogP contribution in [0.4, 0.5) is 0 Å². The lowest BCUT2D eigenvalue weighted by molar-refractivity contribution is -0.111. The number of rotatable bonds is 5. The first-order valence-electron chi connectivity index (χ1n) is 8.02. The lowest BCUT2D eigenvalue weighted by Crippen LogP contribution is -2.22. The molecule has 0 radical (unpaired) electrons. The van der Waals surface area contributed by atoms with Crippen LogP contribution in [-0.2, 0) is 11.2 Å². The average Bonchev–Trinajstić information content (AvgIpc) is 3.21. The van der Waals surface area contributed by atoms with E-state index in [0.717, 1.165) is 39.2 Å². The molecule has 0 bridgehead atoms. The molecule has 0 spiro atoms. The van der Waals surface area contributed by atoms with E-state index in [2.05, 4.69) is 9.97 Å². The topological polar surface area (TPSA) is 68.9 Å². The van der Waals surface area contributed by atoms with Crippen LogP contribution in [0.25, 0.3) is 21.8 Å². The molecule has 120 valence electrons. The summed E-state index contributed by atoms with van der Waals surface area (Å²) >= 11 is 0. The number of para-hydroxylation sites is 2. The van der Waals surface area contributed by atoms with E-state index in [1.807, 2.05) is 60.9 Å². The summed E-state index contributed by atoms with van der Waals surface area (Å²) in [6.07, 6.45) is 4.22. The molecule has 2 unspecified atom stereocenters. The molecule has 0 fully saturated rings. The highest BCUT2D eigenvalue weighted by Gasteiger charge is 2.24. The molecular weight excluding hydrogens is 300 g/mol. The number of H-pyrrole nitrogens is 2. The Labute approximate surface area is 139 Å². The van der Waals surface area contributed by atoms with Crippen molar-refractivity contribution in [3.8, 4) is 0 Å². The zero-order valence-electron chi connectivity index (χ0n) is 13.1. The number of hydrogen-bond acceptors (Lipinski definition) is 2. The molecule has 4 heteroatoms. The number of fused-ring (bicyclic) bond motifs is 2. The van der Waals surface area contributed by atoms with Gasteiger partial charge >= 0.3 is 0 Å².